The Morgan fingerprint density at radius 2 is 1.76 bits per heavy atom. The van der Waals surface area contributed by atoms with Gasteiger partial charge in [0.25, 0.3) is 0 Å². The highest BCUT2D eigenvalue weighted by molar-refractivity contribution is 5.67. The van der Waals surface area contributed by atoms with Crippen molar-refractivity contribution in [2.24, 2.45) is 0 Å². The summed E-state index contributed by atoms with van der Waals surface area (Å²) in [5.41, 5.74) is 3.13. The van der Waals surface area contributed by atoms with Gasteiger partial charge in [-0.1, -0.05) is 36.4 Å². The van der Waals surface area contributed by atoms with Crippen molar-refractivity contribution in [2.75, 3.05) is 36.4 Å². The molecule has 7 nitrogen and oxygen atoms in total. The van der Waals surface area contributed by atoms with E-state index in [1.165, 1.54) is 0 Å². The van der Waals surface area contributed by atoms with E-state index >= 15 is 0 Å². The fourth-order valence-electron chi connectivity index (χ4n) is 3.26. The topological polar surface area (TPSA) is 85.2 Å². The van der Waals surface area contributed by atoms with Crippen LogP contribution in [0.5, 0.6) is 0 Å². The monoisotopic (exact) mass is 384 g/mol. The highest BCUT2D eigenvalue weighted by Crippen LogP contribution is 2.25. The molecule has 0 aliphatic carbocycles. The molecule has 1 saturated heterocycles. The summed E-state index contributed by atoms with van der Waals surface area (Å²) < 4.78 is 0. The Morgan fingerprint density at radius 1 is 0.966 bits per heavy atom. The van der Waals surface area contributed by atoms with Gasteiger partial charge in [0, 0.05) is 43.5 Å². The van der Waals surface area contributed by atoms with Crippen molar-refractivity contribution in [1.82, 2.24) is 14.9 Å². The molecule has 2 heterocycles. The van der Waals surface area contributed by atoms with Gasteiger partial charge in [0.1, 0.15) is 5.82 Å². The summed E-state index contributed by atoms with van der Waals surface area (Å²) in [7, 11) is 0. The second-order valence-electron chi connectivity index (χ2n) is 6.75. The number of rotatable bonds is 5. The van der Waals surface area contributed by atoms with Gasteiger partial charge in [-0.05, 0) is 18.2 Å². The predicted octanol–water partition coefficient (Wildman–Crippen LogP) is 3.04. The highest BCUT2D eigenvalue weighted by Gasteiger charge is 2.19. The van der Waals surface area contributed by atoms with Gasteiger partial charge in [0.05, 0.1) is 17.3 Å². The number of nitriles is 1. The van der Waals surface area contributed by atoms with Gasteiger partial charge in [-0.15, -0.1) is 0 Å². The van der Waals surface area contributed by atoms with E-state index in [1.807, 2.05) is 48.5 Å². The van der Waals surface area contributed by atoms with Crippen LogP contribution in [0, 0.1) is 11.3 Å². The zero-order chi connectivity index (χ0) is 20.1. The van der Waals surface area contributed by atoms with E-state index in [9.17, 15) is 4.79 Å². The molecule has 1 aliphatic rings. The minimum Gasteiger partial charge on any atom is -0.353 e. The van der Waals surface area contributed by atoms with E-state index in [1.54, 1.807) is 17.0 Å². The first-order valence-electron chi connectivity index (χ1n) is 9.41. The van der Waals surface area contributed by atoms with Crippen LogP contribution >= 0.6 is 0 Å². The molecule has 3 aromatic rings. The molecule has 0 bridgehead atoms. The van der Waals surface area contributed by atoms with Crippen molar-refractivity contribution in [3.05, 3.63) is 66.2 Å². The van der Waals surface area contributed by atoms with E-state index in [4.69, 9.17) is 10.2 Å². The normalized spacial score (nSPS) is 13.6. The number of anilines is 3. The van der Waals surface area contributed by atoms with Crippen LogP contribution in [0.3, 0.4) is 0 Å². The van der Waals surface area contributed by atoms with Crippen LogP contribution in [0.15, 0.2) is 60.7 Å². The summed E-state index contributed by atoms with van der Waals surface area (Å²) in [5, 5.41) is 12.4. The van der Waals surface area contributed by atoms with Crippen molar-refractivity contribution in [3.63, 3.8) is 0 Å². The quantitative estimate of drug-likeness (QED) is 0.681. The molecule has 0 atom stereocenters. The van der Waals surface area contributed by atoms with Gasteiger partial charge in [-0.3, -0.25) is 4.79 Å². The van der Waals surface area contributed by atoms with Crippen molar-refractivity contribution in [3.8, 4) is 17.3 Å². The number of nitrogens with zero attached hydrogens (tertiary/aromatic N) is 5. The molecule has 1 N–H and O–H groups in total. The lowest BCUT2D eigenvalue weighted by molar-refractivity contribution is -0.118. The first kappa shape index (κ1) is 18.4. The van der Waals surface area contributed by atoms with E-state index < -0.39 is 0 Å². The molecule has 0 unspecified atom stereocenters. The lowest BCUT2D eigenvalue weighted by Crippen LogP contribution is -2.46. The molecule has 1 amide bonds. The Balaban J connectivity index is 1.68. The molecule has 1 aromatic heterocycles. The number of aromatic nitrogens is 2. The number of benzene rings is 2. The number of nitrogens with one attached hydrogen (secondary N) is 1. The van der Waals surface area contributed by atoms with Crippen LogP contribution in [0.2, 0.25) is 0 Å². The minimum atomic E-state index is 0.467. The first-order chi connectivity index (χ1) is 14.2. The summed E-state index contributed by atoms with van der Waals surface area (Å²) in [4.78, 5) is 24.3. The van der Waals surface area contributed by atoms with Gasteiger partial charge >= 0.3 is 0 Å². The molecule has 29 heavy (non-hydrogen) atoms. The largest absolute Gasteiger partial charge is 0.353 e. The smallest absolute Gasteiger partial charge is 0.229 e. The van der Waals surface area contributed by atoms with Crippen LogP contribution in [0.4, 0.5) is 17.5 Å². The second kappa shape index (κ2) is 8.40. The highest BCUT2D eigenvalue weighted by atomic mass is 16.1. The van der Waals surface area contributed by atoms with E-state index in [0.29, 0.717) is 37.7 Å². The maximum atomic E-state index is 11.0. The van der Waals surface area contributed by atoms with Crippen LogP contribution in [-0.2, 0) is 4.79 Å². The SMILES string of the molecule is N#Cc1cccc(Nc2nc(-c3ccccc3)cc(N3CCN(C=O)CC3)n2)c1. The molecule has 1 fully saturated rings. The zero-order valence-electron chi connectivity index (χ0n) is 15.8. The van der Waals surface area contributed by atoms with Gasteiger partial charge < -0.3 is 15.1 Å². The summed E-state index contributed by atoms with van der Waals surface area (Å²) in [6.45, 7) is 2.77. The average Bonchev–Trinajstić information content (AvgIpc) is 2.79. The van der Waals surface area contributed by atoms with E-state index in [0.717, 1.165) is 29.2 Å². The van der Waals surface area contributed by atoms with Crippen LogP contribution in [-0.4, -0.2) is 47.5 Å². The third-order valence-electron chi connectivity index (χ3n) is 4.82. The van der Waals surface area contributed by atoms with Gasteiger partial charge in [-0.2, -0.15) is 10.2 Å². The Hall–Kier alpha value is -3.92. The van der Waals surface area contributed by atoms with Crippen molar-refractivity contribution in [1.29, 1.82) is 5.26 Å². The Kier molecular flexibility index (Phi) is 5.34. The van der Waals surface area contributed by atoms with Crippen molar-refractivity contribution < 1.29 is 4.79 Å². The molecule has 0 radical (unpaired) electrons. The number of piperazine rings is 1. The average molecular weight is 384 g/mol. The first-order valence-corrected chi connectivity index (χ1v) is 9.41. The van der Waals surface area contributed by atoms with Gasteiger partial charge in [0.15, 0.2) is 0 Å². The molecule has 4 rings (SSSR count). The maximum absolute atomic E-state index is 11.0. The van der Waals surface area contributed by atoms with Gasteiger partial charge in [0.2, 0.25) is 12.4 Å². The molecular formula is C22H20N6O. The summed E-state index contributed by atoms with van der Waals surface area (Å²) in [5.74, 6) is 1.28. The van der Waals surface area contributed by atoms with Crippen molar-refractivity contribution in [2.45, 2.75) is 0 Å². The number of carbonyl (C=O) groups excluding carboxylic acids is 1. The molecular weight excluding hydrogens is 364 g/mol. The third-order valence-corrected chi connectivity index (χ3v) is 4.82. The number of amides is 1. The fourth-order valence-corrected chi connectivity index (χ4v) is 3.26. The maximum Gasteiger partial charge on any atom is 0.229 e. The minimum absolute atomic E-state index is 0.467. The summed E-state index contributed by atoms with van der Waals surface area (Å²) in [6.07, 6.45) is 0.891. The molecule has 144 valence electrons. The van der Waals surface area contributed by atoms with E-state index in [2.05, 4.69) is 21.3 Å². The van der Waals surface area contributed by atoms with Crippen LogP contribution in [0.1, 0.15) is 5.56 Å². The van der Waals surface area contributed by atoms with Crippen LogP contribution < -0.4 is 10.2 Å². The standard InChI is InChI=1S/C22H20N6O/c23-15-17-5-4-8-19(13-17)24-22-25-20(18-6-2-1-3-7-18)14-21(26-22)28-11-9-27(16-29)10-12-28/h1-8,13-14,16H,9-12H2,(H,24,25,26). The molecule has 0 saturated carbocycles. The Bertz CT molecular complexity index is 1040. The molecule has 0 spiro atoms. The zero-order valence-corrected chi connectivity index (χ0v) is 15.8. The predicted molar refractivity (Wildman–Crippen MR) is 112 cm³/mol. The summed E-state index contributed by atoms with van der Waals surface area (Å²) in [6, 6.07) is 21.3. The number of hydrogen-bond donors (Lipinski definition) is 1. The lowest BCUT2D eigenvalue weighted by atomic mass is 10.1. The summed E-state index contributed by atoms with van der Waals surface area (Å²) >= 11 is 0. The fraction of sp³-hybridized carbons (Fsp3) is 0.182. The second-order valence-corrected chi connectivity index (χ2v) is 6.75. The molecule has 7 heteroatoms. The Morgan fingerprint density at radius 3 is 2.48 bits per heavy atom. The molecule has 1 aliphatic heterocycles. The number of carbonyl (C=O) groups is 1. The van der Waals surface area contributed by atoms with Crippen molar-refractivity contribution >= 4 is 23.9 Å². The van der Waals surface area contributed by atoms with Crippen LogP contribution in [0.25, 0.3) is 11.3 Å². The molecule has 2 aromatic carbocycles. The Labute approximate surface area is 169 Å². The third kappa shape index (κ3) is 4.33. The van der Waals surface area contributed by atoms with E-state index in [-0.39, 0.29) is 0 Å². The lowest BCUT2D eigenvalue weighted by Gasteiger charge is -2.33. The van der Waals surface area contributed by atoms with Gasteiger partial charge in [-0.25, -0.2) is 4.98 Å². The number of hydrogen-bond acceptors (Lipinski definition) is 6.